The molecule has 1 aromatic rings. The quantitative estimate of drug-likeness (QED) is 0.475. The highest BCUT2D eigenvalue weighted by Crippen LogP contribution is 2.02. The fourth-order valence-electron chi connectivity index (χ4n) is 1.33. The molecule has 104 valence electrons. The number of hydrogen-bond acceptors (Lipinski definition) is 4. The summed E-state index contributed by atoms with van der Waals surface area (Å²) in [5, 5.41) is 2.46. The Morgan fingerprint density at radius 3 is 2.58 bits per heavy atom. The molecule has 1 aromatic carbocycles. The number of benzene rings is 1. The predicted octanol–water partition coefficient (Wildman–Crippen LogP) is 2.43. The third-order valence-electron chi connectivity index (χ3n) is 2.26. The van der Waals surface area contributed by atoms with Crippen molar-refractivity contribution in [2.75, 3.05) is 12.6 Å². The van der Waals surface area contributed by atoms with Crippen LogP contribution in [0, 0.1) is 0 Å². The Kier molecular flexibility index (Phi) is 7.43. The molecule has 0 fully saturated rings. The standard InChI is InChI=1S/C13H16ClNO4/c14-10-19-13(17)15-8-4-7-12(16)18-9-11-5-2-1-3-6-11/h1-3,5-6H,4,7-10H2,(H,15,17). The first-order chi connectivity index (χ1) is 9.22. The van der Waals surface area contributed by atoms with Gasteiger partial charge in [-0.25, -0.2) is 4.79 Å². The van der Waals surface area contributed by atoms with E-state index in [4.69, 9.17) is 16.3 Å². The Balaban J connectivity index is 2.07. The van der Waals surface area contributed by atoms with Crippen LogP contribution in [0.25, 0.3) is 0 Å². The molecule has 0 spiro atoms. The van der Waals surface area contributed by atoms with E-state index in [0.717, 1.165) is 5.56 Å². The van der Waals surface area contributed by atoms with E-state index in [1.54, 1.807) is 0 Å². The van der Waals surface area contributed by atoms with Gasteiger partial charge in [0, 0.05) is 13.0 Å². The molecule has 1 N–H and O–H groups in total. The van der Waals surface area contributed by atoms with E-state index >= 15 is 0 Å². The predicted molar refractivity (Wildman–Crippen MR) is 70.7 cm³/mol. The maximum Gasteiger partial charge on any atom is 0.408 e. The van der Waals surface area contributed by atoms with Crippen LogP contribution >= 0.6 is 11.6 Å². The molecule has 0 aliphatic carbocycles. The lowest BCUT2D eigenvalue weighted by Gasteiger charge is -2.06. The third-order valence-corrected chi connectivity index (χ3v) is 2.36. The van der Waals surface area contributed by atoms with Crippen molar-refractivity contribution >= 4 is 23.7 Å². The van der Waals surface area contributed by atoms with Gasteiger partial charge >= 0.3 is 12.1 Å². The van der Waals surface area contributed by atoms with Crippen molar-refractivity contribution in [1.29, 1.82) is 0 Å². The number of nitrogens with one attached hydrogen (secondary N) is 1. The number of halogens is 1. The molecular formula is C13H16ClNO4. The van der Waals surface area contributed by atoms with Gasteiger partial charge in [0.2, 0.25) is 0 Å². The van der Waals surface area contributed by atoms with Crippen LogP contribution in [0.2, 0.25) is 0 Å². The number of alkyl halides is 1. The van der Waals surface area contributed by atoms with E-state index in [9.17, 15) is 9.59 Å². The summed E-state index contributed by atoms with van der Waals surface area (Å²) >= 11 is 5.20. The molecule has 1 rings (SSSR count). The molecule has 1 amide bonds. The summed E-state index contributed by atoms with van der Waals surface area (Å²) in [6.45, 7) is 0.609. The highest BCUT2D eigenvalue weighted by molar-refractivity contribution is 6.17. The van der Waals surface area contributed by atoms with E-state index in [1.807, 2.05) is 30.3 Å². The first-order valence-corrected chi connectivity index (χ1v) is 6.42. The lowest BCUT2D eigenvalue weighted by molar-refractivity contribution is -0.145. The van der Waals surface area contributed by atoms with Gasteiger partial charge < -0.3 is 14.8 Å². The number of carbonyl (C=O) groups is 2. The number of amides is 1. The lowest BCUT2D eigenvalue weighted by atomic mass is 10.2. The van der Waals surface area contributed by atoms with Gasteiger partial charge in [-0.15, -0.1) is 0 Å². The number of ether oxygens (including phenoxy) is 2. The molecule has 6 heteroatoms. The Bertz CT molecular complexity index is 397. The first-order valence-electron chi connectivity index (χ1n) is 5.88. The van der Waals surface area contributed by atoms with E-state index in [2.05, 4.69) is 10.1 Å². The number of alkyl carbamates (subject to hydrolysis) is 1. The van der Waals surface area contributed by atoms with Crippen LogP contribution in [0.15, 0.2) is 30.3 Å². The number of rotatable bonds is 7. The van der Waals surface area contributed by atoms with Crippen LogP contribution < -0.4 is 5.32 Å². The highest BCUT2D eigenvalue weighted by Gasteiger charge is 2.04. The van der Waals surface area contributed by atoms with Crippen molar-refractivity contribution in [2.24, 2.45) is 0 Å². The van der Waals surface area contributed by atoms with Crippen molar-refractivity contribution in [3.05, 3.63) is 35.9 Å². The highest BCUT2D eigenvalue weighted by atomic mass is 35.5. The van der Waals surface area contributed by atoms with Crippen LogP contribution in [0.5, 0.6) is 0 Å². The minimum atomic E-state index is -0.590. The van der Waals surface area contributed by atoms with Crippen molar-refractivity contribution in [2.45, 2.75) is 19.4 Å². The molecule has 0 aromatic heterocycles. The summed E-state index contributed by atoms with van der Waals surface area (Å²) < 4.78 is 9.53. The maximum atomic E-state index is 11.4. The smallest absolute Gasteiger partial charge is 0.408 e. The second kappa shape index (κ2) is 9.22. The average Bonchev–Trinajstić information content (AvgIpc) is 2.43. The molecule has 0 bridgehead atoms. The molecule has 5 nitrogen and oxygen atoms in total. The molecular weight excluding hydrogens is 270 g/mol. The summed E-state index contributed by atoms with van der Waals surface area (Å²) in [6.07, 6.45) is 0.145. The Labute approximate surface area is 116 Å². The molecule has 0 saturated heterocycles. The number of hydrogen-bond donors (Lipinski definition) is 1. The Morgan fingerprint density at radius 1 is 1.16 bits per heavy atom. The SMILES string of the molecule is O=C(CCCNC(=O)OCCl)OCc1ccccc1. The van der Waals surface area contributed by atoms with Crippen molar-refractivity contribution in [1.82, 2.24) is 5.32 Å². The number of esters is 1. The molecule has 0 radical (unpaired) electrons. The maximum absolute atomic E-state index is 11.4. The van der Waals surface area contributed by atoms with E-state index in [0.29, 0.717) is 13.0 Å². The van der Waals surface area contributed by atoms with E-state index in [-0.39, 0.29) is 25.1 Å². The van der Waals surface area contributed by atoms with Crippen molar-refractivity contribution in [3.63, 3.8) is 0 Å². The van der Waals surface area contributed by atoms with Gasteiger partial charge in [0.05, 0.1) is 0 Å². The Morgan fingerprint density at radius 2 is 1.89 bits per heavy atom. The molecule has 0 aliphatic rings. The van der Waals surface area contributed by atoms with Gasteiger partial charge in [0.1, 0.15) is 6.61 Å². The van der Waals surface area contributed by atoms with Crippen LogP contribution in [-0.2, 0) is 20.9 Å². The molecule has 0 aliphatic heterocycles. The summed E-state index contributed by atoms with van der Waals surface area (Å²) in [4.78, 5) is 22.3. The van der Waals surface area contributed by atoms with Gasteiger partial charge in [0.15, 0.2) is 6.07 Å². The summed E-state index contributed by atoms with van der Waals surface area (Å²) in [5.74, 6) is -0.295. The second-order valence-electron chi connectivity index (χ2n) is 3.72. The van der Waals surface area contributed by atoms with Crippen molar-refractivity contribution < 1.29 is 19.1 Å². The summed E-state index contributed by atoms with van der Waals surface area (Å²) in [6, 6.07) is 9.25. The van der Waals surface area contributed by atoms with E-state index in [1.165, 1.54) is 0 Å². The van der Waals surface area contributed by atoms with Gasteiger partial charge in [-0.3, -0.25) is 4.79 Å². The van der Waals surface area contributed by atoms with Crippen LogP contribution in [0.4, 0.5) is 4.79 Å². The lowest BCUT2D eigenvalue weighted by Crippen LogP contribution is -2.25. The second-order valence-corrected chi connectivity index (χ2v) is 3.94. The first kappa shape index (κ1) is 15.3. The summed E-state index contributed by atoms with van der Waals surface area (Å²) in [7, 11) is 0. The minimum absolute atomic E-state index is 0.190. The molecule has 19 heavy (non-hydrogen) atoms. The van der Waals surface area contributed by atoms with Gasteiger partial charge in [-0.05, 0) is 12.0 Å². The zero-order valence-electron chi connectivity index (χ0n) is 10.4. The third kappa shape index (κ3) is 7.31. The van der Waals surface area contributed by atoms with Crippen LogP contribution in [0.1, 0.15) is 18.4 Å². The summed E-state index contributed by atoms with van der Waals surface area (Å²) in [5.41, 5.74) is 0.944. The van der Waals surface area contributed by atoms with Crippen LogP contribution in [0.3, 0.4) is 0 Å². The van der Waals surface area contributed by atoms with Gasteiger partial charge in [0.25, 0.3) is 0 Å². The fourth-order valence-corrected chi connectivity index (χ4v) is 1.43. The number of carbonyl (C=O) groups excluding carboxylic acids is 2. The van der Waals surface area contributed by atoms with Gasteiger partial charge in [-0.1, -0.05) is 41.9 Å². The zero-order chi connectivity index (χ0) is 13.9. The van der Waals surface area contributed by atoms with E-state index < -0.39 is 6.09 Å². The zero-order valence-corrected chi connectivity index (χ0v) is 11.2. The van der Waals surface area contributed by atoms with Crippen molar-refractivity contribution in [3.8, 4) is 0 Å². The largest absolute Gasteiger partial charge is 0.461 e. The average molecular weight is 286 g/mol. The minimum Gasteiger partial charge on any atom is -0.461 e. The van der Waals surface area contributed by atoms with Crippen LogP contribution in [-0.4, -0.2) is 24.7 Å². The normalized spacial score (nSPS) is 9.74. The fraction of sp³-hybridized carbons (Fsp3) is 0.385. The Hall–Kier alpha value is -1.75. The molecule has 0 heterocycles. The monoisotopic (exact) mass is 285 g/mol. The molecule has 0 saturated carbocycles. The van der Waals surface area contributed by atoms with Gasteiger partial charge in [-0.2, -0.15) is 0 Å². The topological polar surface area (TPSA) is 64.6 Å². The molecule has 0 atom stereocenters. The molecule has 0 unspecified atom stereocenters.